The monoisotopic (exact) mass is 272 g/mol. The molecule has 102 valence electrons. The van der Waals surface area contributed by atoms with E-state index in [9.17, 15) is 4.79 Å². The van der Waals surface area contributed by atoms with Crippen LogP contribution in [0, 0.1) is 12.8 Å². The molecule has 5 heteroatoms. The quantitative estimate of drug-likeness (QED) is 0.799. The SMILES string of the molecule is CCOC(C(=O)Cc1c(Cl)c(C)nn1C)C(C)C. The summed E-state index contributed by atoms with van der Waals surface area (Å²) in [6.07, 6.45) is -0.111. The summed E-state index contributed by atoms with van der Waals surface area (Å²) in [7, 11) is 1.80. The smallest absolute Gasteiger partial charge is 0.167 e. The summed E-state index contributed by atoms with van der Waals surface area (Å²) in [5.74, 6) is 0.210. The number of carbonyl (C=O) groups is 1. The Balaban J connectivity index is 2.85. The van der Waals surface area contributed by atoms with Gasteiger partial charge in [-0.15, -0.1) is 0 Å². The molecule has 0 aliphatic heterocycles. The number of Topliss-reactive ketones (excluding diaryl/α,β-unsaturated/α-hetero) is 1. The van der Waals surface area contributed by atoms with Crippen molar-refractivity contribution in [3.63, 3.8) is 0 Å². The Labute approximate surface area is 113 Å². The minimum Gasteiger partial charge on any atom is -0.370 e. The van der Waals surface area contributed by atoms with Gasteiger partial charge in [0.2, 0.25) is 0 Å². The third kappa shape index (κ3) is 3.33. The second-order valence-corrected chi connectivity index (χ2v) is 5.11. The molecule has 18 heavy (non-hydrogen) atoms. The summed E-state index contributed by atoms with van der Waals surface area (Å²) in [5, 5.41) is 4.78. The number of aryl methyl sites for hydroxylation is 2. The lowest BCUT2D eigenvalue weighted by atomic mass is 9.99. The van der Waals surface area contributed by atoms with Crippen molar-refractivity contribution < 1.29 is 9.53 Å². The van der Waals surface area contributed by atoms with E-state index in [1.807, 2.05) is 27.7 Å². The Bertz CT molecular complexity index is 427. The number of ether oxygens (including phenoxy) is 1. The summed E-state index contributed by atoms with van der Waals surface area (Å²) >= 11 is 6.14. The van der Waals surface area contributed by atoms with Crippen LogP contribution >= 0.6 is 11.6 Å². The van der Waals surface area contributed by atoms with Gasteiger partial charge in [0.1, 0.15) is 6.10 Å². The first-order valence-electron chi connectivity index (χ1n) is 6.20. The zero-order chi connectivity index (χ0) is 13.9. The molecule has 0 spiro atoms. The van der Waals surface area contributed by atoms with E-state index in [1.54, 1.807) is 11.7 Å². The van der Waals surface area contributed by atoms with E-state index in [0.717, 1.165) is 11.4 Å². The second kappa shape index (κ2) is 6.34. The summed E-state index contributed by atoms with van der Waals surface area (Å²) < 4.78 is 7.17. The molecule has 0 radical (unpaired) electrons. The van der Waals surface area contributed by atoms with Gasteiger partial charge in [0.15, 0.2) is 5.78 Å². The zero-order valence-corrected chi connectivity index (χ0v) is 12.4. The first kappa shape index (κ1) is 15.2. The Morgan fingerprint density at radius 3 is 2.50 bits per heavy atom. The average molecular weight is 273 g/mol. The Hall–Kier alpha value is -0.870. The molecule has 1 unspecified atom stereocenters. The van der Waals surface area contributed by atoms with Gasteiger partial charge in [-0.05, 0) is 19.8 Å². The van der Waals surface area contributed by atoms with Crippen molar-refractivity contribution in [3.05, 3.63) is 16.4 Å². The lowest BCUT2D eigenvalue weighted by Gasteiger charge is -2.19. The molecule has 0 fully saturated rings. The van der Waals surface area contributed by atoms with Crippen LogP contribution in [-0.2, 0) is 23.0 Å². The molecule has 0 aliphatic carbocycles. The van der Waals surface area contributed by atoms with Crippen molar-refractivity contribution in [2.75, 3.05) is 6.61 Å². The molecule has 4 nitrogen and oxygen atoms in total. The minimum atomic E-state index is -0.374. The maximum Gasteiger partial charge on any atom is 0.167 e. The molecule has 0 aromatic carbocycles. The molecule has 0 aliphatic rings. The minimum absolute atomic E-state index is 0.0525. The van der Waals surface area contributed by atoms with Crippen LogP contribution in [0.3, 0.4) is 0 Å². The van der Waals surface area contributed by atoms with E-state index in [1.165, 1.54) is 0 Å². The first-order valence-corrected chi connectivity index (χ1v) is 6.58. The first-order chi connectivity index (χ1) is 8.38. The van der Waals surface area contributed by atoms with Crippen LogP contribution < -0.4 is 0 Å². The van der Waals surface area contributed by atoms with Gasteiger partial charge in [0.05, 0.1) is 22.8 Å². The number of carbonyl (C=O) groups excluding carboxylic acids is 1. The van der Waals surface area contributed by atoms with E-state index < -0.39 is 0 Å². The van der Waals surface area contributed by atoms with Gasteiger partial charge in [-0.25, -0.2) is 0 Å². The Morgan fingerprint density at radius 1 is 1.50 bits per heavy atom. The second-order valence-electron chi connectivity index (χ2n) is 4.73. The average Bonchev–Trinajstić information content (AvgIpc) is 2.52. The summed E-state index contributed by atoms with van der Waals surface area (Å²) in [6.45, 7) is 8.22. The van der Waals surface area contributed by atoms with E-state index in [0.29, 0.717) is 11.6 Å². The zero-order valence-electron chi connectivity index (χ0n) is 11.7. The van der Waals surface area contributed by atoms with Crippen molar-refractivity contribution >= 4 is 17.4 Å². The molecule has 0 amide bonds. The van der Waals surface area contributed by atoms with E-state index >= 15 is 0 Å². The molecular formula is C13H21ClN2O2. The van der Waals surface area contributed by atoms with Crippen molar-refractivity contribution in [2.24, 2.45) is 13.0 Å². The number of hydrogen-bond donors (Lipinski definition) is 0. The Morgan fingerprint density at radius 2 is 2.11 bits per heavy atom. The summed E-state index contributed by atoms with van der Waals surface area (Å²) in [4.78, 5) is 12.2. The molecule has 0 saturated carbocycles. The fraction of sp³-hybridized carbons (Fsp3) is 0.692. The molecule has 1 aromatic rings. The van der Waals surface area contributed by atoms with Crippen LogP contribution in [0.15, 0.2) is 0 Å². The summed E-state index contributed by atoms with van der Waals surface area (Å²) in [6, 6.07) is 0. The van der Waals surface area contributed by atoms with Crippen molar-refractivity contribution in [3.8, 4) is 0 Å². The molecule has 1 rings (SSSR count). The number of hydrogen-bond acceptors (Lipinski definition) is 3. The third-order valence-corrected chi connectivity index (χ3v) is 3.36. The van der Waals surface area contributed by atoms with Crippen LogP contribution in [0.4, 0.5) is 0 Å². The molecule has 1 aromatic heterocycles. The van der Waals surface area contributed by atoms with Gasteiger partial charge >= 0.3 is 0 Å². The highest BCUT2D eigenvalue weighted by molar-refractivity contribution is 6.32. The van der Waals surface area contributed by atoms with Crippen LogP contribution in [0.1, 0.15) is 32.2 Å². The standard InChI is InChI=1S/C13H21ClN2O2/c1-6-18-13(8(2)3)11(17)7-10-12(14)9(4)15-16(10)5/h8,13H,6-7H2,1-5H3. The van der Waals surface area contributed by atoms with Crippen molar-refractivity contribution in [1.29, 1.82) is 0 Å². The van der Waals surface area contributed by atoms with Crippen LogP contribution in [0.2, 0.25) is 5.02 Å². The molecule has 1 heterocycles. The van der Waals surface area contributed by atoms with Gasteiger partial charge in [-0.2, -0.15) is 5.10 Å². The van der Waals surface area contributed by atoms with Gasteiger partial charge in [0, 0.05) is 13.7 Å². The normalized spacial score (nSPS) is 13.1. The van der Waals surface area contributed by atoms with Gasteiger partial charge in [-0.3, -0.25) is 9.48 Å². The van der Waals surface area contributed by atoms with E-state index in [-0.39, 0.29) is 24.2 Å². The number of aromatic nitrogens is 2. The predicted molar refractivity (Wildman–Crippen MR) is 71.9 cm³/mol. The molecular weight excluding hydrogens is 252 g/mol. The molecule has 0 saturated heterocycles. The predicted octanol–water partition coefficient (Wildman–Crippen LogP) is 2.55. The lowest BCUT2D eigenvalue weighted by Crippen LogP contribution is -2.31. The maximum absolute atomic E-state index is 12.2. The summed E-state index contributed by atoms with van der Waals surface area (Å²) in [5.41, 5.74) is 1.50. The number of rotatable bonds is 6. The lowest BCUT2D eigenvalue weighted by molar-refractivity contribution is -0.132. The molecule has 1 atom stereocenters. The van der Waals surface area contributed by atoms with Crippen molar-refractivity contribution in [2.45, 2.75) is 40.2 Å². The Kier molecular flexibility index (Phi) is 5.35. The highest BCUT2D eigenvalue weighted by Crippen LogP contribution is 2.21. The van der Waals surface area contributed by atoms with Crippen LogP contribution in [0.5, 0.6) is 0 Å². The van der Waals surface area contributed by atoms with Gasteiger partial charge < -0.3 is 4.74 Å². The number of ketones is 1. The number of halogens is 1. The molecule has 0 N–H and O–H groups in total. The van der Waals surface area contributed by atoms with Gasteiger partial charge in [-0.1, -0.05) is 25.4 Å². The van der Waals surface area contributed by atoms with E-state index in [4.69, 9.17) is 16.3 Å². The van der Waals surface area contributed by atoms with Crippen molar-refractivity contribution in [1.82, 2.24) is 9.78 Å². The fourth-order valence-corrected chi connectivity index (χ4v) is 2.20. The third-order valence-electron chi connectivity index (χ3n) is 2.87. The highest BCUT2D eigenvalue weighted by Gasteiger charge is 2.25. The largest absolute Gasteiger partial charge is 0.370 e. The van der Waals surface area contributed by atoms with Gasteiger partial charge in [0.25, 0.3) is 0 Å². The topological polar surface area (TPSA) is 44.1 Å². The van der Waals surface area contributed by atoms with Crippen LogP contribution in [-0.4, -0.2) is 28.3 Å². The fourth-order valence-electron chi connectivity index (χ4n) is 1.97. The number of nitrogens with zero attached hydrogens (tertiary/aromatic N) is 2. The molecule has 0 bridgehead atoms. The highest BCUT2D eigenvalue weighted by atomic mass is 35.5. The van der Waals surface area contributed by atoms with Crippen LogP contribution in [0.25, 0.3) is 0 Å². The maximum atomic E-state index is 12.2. The van der Waals surface area contributed by atoms with E-state index in [2.05, 4.69) is 5.10 Å².